The van der Waals surface area contributed by atoms with Gasteiger partial charge in [0.25, 0.3) is 0 Å². The zero-order chi connectivity index (χ0) is 16.4. The number of hydrogen-bond acceptors (Lipinski definition) is 2. The number of hydrogen-bond donors (Lipinski definition) is 1. The van der Waals surface area contributed by atoms with Crippen molar-refractivity contribution >= 4 is 11.5 Å². The number of rotatable bonds is 3. The minimum Gasteiger partial charge on any atom is -0.264 e. The molecule has 0 bridgehead atoms. The van der Waals surface area contributed by atoms with Gasteiger partial charge in [-0.3, -0.25) is 9.98 Å². The second kappa shape index (κ2) is 6.16. The minimum absolute atomic E-state index is 0.276. The van der Waals surface area contributed by atoms with E-state index < -0.39 is 0 Å². The number of nitrogens with zero attached hydrogens (tertiary/aromatic N) is 4. The molecule has 0 unspecified atom stereocenters. The van der Waals surface area contributed by atoms with Crippen LogP contribution in [0.3, 0.4) is 0 Å². The van der Waals surface area contributed by atoms with Gasteiger partial charge in [0, 0.05) is 18.0 Å². The summed E-state index contributed by atoms with van der Waals surface area (Å²) in [6.45, 7) is 0.974. The van der Waals surface area contributed by atoms with E-state index in [1.807, 2.05) is 35.2 Å². The number of fused-ring (bicyclic) bond motifs is 1. The van der Waals surface area contributed by atoms with E-state index in [9.17, 15) is 4.39 Å². The van der Waals surface area contributed by atoms with Gasteiger partial charge in [-0.2, -0.15) is 0 Å². The Bertz CT molecular complexity index is 927. The summed E-state index contributed by atoms with van der Waals surface area (Å²) >= 11 is 0. The summed E-state index contributed by atoms with van der Waals surface area (Å²) in [7, 11) is 0. The molecular weight excluding hydrogens is 305 g/mol. The summed E-state index contributed by atoms with van der Waals surface area (Å²) in [5, 5.41) is 0. The molecule has 0 radical (unpaired) electrons. The number of benzene rings is 1. The number of imidazole rings is 1. The fourth-order valence-corrected chi connectivity index (χ4v) is 2.67. The van der Waals surface area contributed by atoms with Gasteiger partial charge in [0.05, 0.1) is 12.3 Å². The highest BCUT2D eigenvalue weighted by atomic mass is 19.1. The Morgan fingerprint density at radius 2 is 2.12 bits per heavy atom. The van der Waals surface area contributed by atoms with Crippen molar-refractivity contribution in [3.63, 3.8) is 0 Å². The molecule has 3 aromatic rings. The first-order valence-electron chi connectivity index (χ1n) is 7.64. The number of pyridine rings is 1. The number of aromatic nitrogens is 3. The molecule has 24 heavy (non-hydrogen) atoms. The lowest BCUT2D eigenvalue weighted by Crippen LogP contribution is -2.45. The van der Waals surface area contributed by atoms with Crippen LogP contribution in [-0.4, -0.2) is 21.5 Å². The lowest BCUT2D eigenvalue weighted by atomic mass is 10.1. The van der Waals surface area contributed by atoms with Gasteiger partial charge in [-0.15, -0.1) is 0 Å². The zero-order valence-electron chi connectivity index (χ0n) is 12.9. The van der Waals surface area contributed by atoms with Gasteiger partial charge in [0.2, 0.25) is 5.84 Å². The van der Waals surface area contributed by atoms with Gasteiger partial charge in [-0.1, -0.05) is 24.3 Å². The molecule has 2 aromatic heterocycles. The molecule has 0 saturated heterocycles. The van der Waals surface area contributed by atoms with Crippen molar-refractivity contribution in [3.8, 4) is 0 Å². The summed E-state index contributed by atoms with van der Waals surface area (Å²) in [6, 6.07) is 10.5. The summed E-state index contributed by atoms with van der Waals surface area (Å²) in [5.41, 5.74) is 2.16. The molecule has 3 heterocycles. The smallest absolute Gasteiger partial charge is 0.264 e. The van der Waals surface area contributed by atoms with Crippen LogP contribution in [0.4, 0.5) is 4.39 Å². The Kier molecular flexibility index (Phi) is 3.70. The molecule has 1 aromatic carbocycles. The molecule has 0 atom stereocenters. The summed E-state index contributed by atoms with van der Waals surface area (Å²) < 4.78 is 16.1. The molecule has 0 fully saturated rings. The first-order chi connectivity index (χ1) is 11.8. The predicted molar refractivity (Wildman–Crippen MR) is 88.4 cm³/mol. The van der Waals surface area contributed by atoms with E-state index in [-0.39, 0.29) is 5.82 Å². The van der Waals surface area contributed by atoms with Gasteiger partial charge in [-0.25, -0.2) is 18.9 Å². The SMILES string of the molecule is Fc1ccccc1C1=NC(=NCc2cccnc2)c2[nH]cc[n+]2C1. The lowest BCUT2D eigenvalue weighted by molar-refractivity contribution is -0.682. The molecule has 118 valence electrons. The van der Waals surface area contributed by atoms with Crippen LogP contribution in [0.2, 0.25) is 0 Å². The number of amidine groups is 1. The molecule has 1 aliphatic heterocycles. The maximum Gasteiger partial charge on any atom is 0.325 e. The van der Waals surface area contributed by atoms with Crippen LogP contribution in [0.1, 0.15) is 17.0 Å². The molecule has 0 amide bonds. The van der Waals surface area contributed by atoms with Crippen LogP contribution >= 0.6 is 0 Å². The Morgan fingerprint density at radius 3 is 2.96 bits per heavy atom. The van der Waals surface area contributed by atoms with E-state index in [1.54, 1.807) is 24.5 Å². The van der Waals surface area contributed by atoms with Crippen LogP contribution in [-0.2, 0) is 13.1 Å². The van der Waals surface area contributed by atoms with Gasteiger partial charge in [0.1, 0.15) is 24.8 Å². The molecule has 0 saturated carbocycles. The molecule has 1 aliphatic rings. The lowest BCUT2D eigenvalue weighted by Gasteiger charge is -2.12. The first-order valence-corrected chi connectivity index (χ1v) is 7.64. The monoisotopic (exact) mass is 320 g/mol. The van der Waals surface area contributed by atoms with E-state index in [2.05, 4.69) is 20.0 Å². The van der Waals surface area contributed by atoms with Crippen LogP contribution in [0.15, 0.2) is 71.2 Å². The van der Waals surface area contributed by atoms with Crippen LogP contribution in [0.5, 0.6) is 0 Å². The standard InChI is InChI=1S/C18H14FN5/c19-15-6-2-1-5-14(15)16-12-24-9-8-21-18(24)17(23-16)22-11-13-4-3-7-20-10-13/h1-10H,11-12H2/p+1. The summed E-state index contributed by atoms with van der Waals surface area (Å²) in [6.07, 6.45) is 7.24. The maximum absolute atomic E-state index is 14.1. The van der Waals surface area contributed by atoms with E-state index in [4.69, 9.17) is 0 Å². The van der Waals surface area contributed by atoms with Crippen LogP contribution in [0, 0.1) is 5.82 Å². The third-order valence-corrected chi connectivity index (χ3v) is 3.85. The van der Waals surface area contributed by atoms with Crippen molar-refractivity contribution in [2.45, 2.75) is 13.1 Å². The number of halogens is 1. The topological polar surface area (TPSA) is 57.3 Å². The molecule has 0 aliphatic carbocycles. The average molecular weight is 320 g/mol. The quantitative estimate of drug-likeness (QED) is 0.740. The summed E-state index contributed by atoms with van der Waals surface area (Å²) in [4.78, 5) is 16.4. The number of nitrogens with one attached hydrogen (secondary N) is 1. The third-order valence-electron chi connectivity index (χ3n) is 3.85. The maximum atomic E-state index is 14.1. The normalized spacial score (nSPS) is 15.2. The molecule has 6 heteroatoms. The molecule has 4 rings (SSSR count). The summed E-state index contributed by atoms with van der Waals surface area (Å²) in [5.74, 6) is 1.11. The number of aliphatic imine (C=N–C) groups is 2. The second-order valence-corrected chi connectivity index (χ2v) is 5.48. The highest BCUT2D eigenvalue weighted by Crippen LogP contribution is 2.13. The minimum atomic E-state index is -0.276. The van der Waals surface area contributed by atoms with Crippen molar-refractivity contribution < 1.29 is 8.96 Å². The van der Waals surface area contributed by atoms with Gasteiger partial charge >= 0.3 is 5.82 Å². The van der Waals surface area contributed by atoms with E-state index >= 15 is 0 Å². The second-order valence-electron chi connectivity index (χ2n) is 5.48. The van der Waals surface area contributed by atoms with Gasteiger partial charge < -0.3 is 0 Å². The van der Waals surface area contributed by atoms with Gasteiger partial charge in [-0.05, 0) is 17.7 Å². The third kappa shape index (κ3) is 2.74. The Morgan fingerprint density at radius 1 is 1.21 bits per heavy atom. The predicted octanol–water partition coefficient (Wildman–Crippen LogP) is 2.29. The van der Waals surface area contributed by atoms with Crippen LogP contribution < -0.4 is 4.57 Å². The number of aromatic amines is 1. The highest BCUT2D eigenvalue weighted by molar-refractivity contribution is 6.11. The van der Waals surface area contributed by atoms with E-state index in [0.29, 0.717) is 30.2 Å². The first kappa shape index (κ1) is 14.4. The van der Waals surface area contributed by atoms with Crippen molar-refractivity contribution in [2.24, 2.45) is 9.98 Å². The molecule has 5 nitrogen and oxygen atoms in total. The van der Waals surface area contributed by atoms with E-state index in [1.165, 1.54) is 6.07 Å². The van der Waals surface area contributed by atoms with Crippen molar-refractivity contribution in [1.82, 2.24) is 9.97 Å². The molecular formula is C18H15FN5+. The number of H-pyrrole nitrogens is 1. The van der Waals surface area contributed by atoms with Crippen molar-refractivity contribution in [2.75, 3.05) is 0 Å². The molecule has 1 N–H and O–H groups in total. The Hall–Kier alpha value is -3.15. The fraction of sp³-hybridized carbons (Fsp3) is 0.111. The zero-order valence-corrected chi connectivity index (χ0v) is 12.9. The van der Waals surface area contributed by atoms with Crippen molar-refractivity contribution in [3.05, 3.63) is 84.0 Å². The van der Waals surface area contributed by atoms with E-state index in [0.717, 1.165) is 11.4 Å². The van der Waals surface area contributed by atoms with Crippen molar-refractivity contribution in [1.29, 1.82) is 0 Å². The fourth-order valence-electron chi connectivity index (χ4n) is 2.67. The average Bonchev–Trinajstić information content (AvgIpc) is 3.09. The largest absolute Gasteiger partial charge is 0.325 e. The highest BCUT2D eigenvalue weighted by Gasteiger charge is 2.26. The van der Waals surface area contributed by atoms with Gasteiger partial charge in [0.15, 0.2) is 0 Å². The Labute approximate surface area is 138 Å². The Balaban J connectivity index is 1.73. The van der Waals surface area contributed by atoms with Crippen LogP contribution in [0.25, 0.3) is 0 Å². The molecule has 0 spiro atoms.